The van der Waals surface area contributed by atoms with Gasteiger partial charge in [-0.2, -0.15) is 0 Å². The average Bonchev–Trinajstić information content (AvgIpc) is 3.04. The average molecular weight is 374 g/mol. The second kappa shape index (κ2) is 7.29. The number of imidazole rings is 1. The molecule has 7 heteroatoms. The highest BCUT2D eigenvalue weighted by Gasteiger charge is 2.20. The molecule has 0 fully saturated rings. The normalized spacial score (nSPS) is 11.5. The molecular formula is C19H19FN2O3S. The summed E-state index contributed by atoms with van der Waals surface area (Å²) in [5.74, 6) is -0.443. The van der Waals surface area contributed by atoms with Crippen LogP contribution in [0.1, 0.15) is 0 Å². The predicted molar refractivity (Wildman–Crippen MR) is 99.3 cm³/mol. The van der Waals surface area contributed by atoms with Crippen LogP contribution in [0.15, 0.2) is 54.9 Å². The van der Waals surface area contributed by atoms with Crippen molar-refractivity contribution in [2.75, 3.05) is 19.1 Å². The molecule has 0 spiro atoms. The van der Waals surface area contributed by atoms with E-state index < -0.39 is 15.7 Å². The van der Waals surface area contributed by atoms with Crippen molar-refractivity contribution in [2.24, 2.45) is 0 Å². The number of hydrogen-bond donors (Lipinski definition) is 0. The van der Waals surface area contributed by atoms with E-state index in [2.05, 4.69) is 4.98 Å². The van der Waals surface area contributed by atoms with Gasteiger partial charge in [0.25, 0.3) is 0 Å². The molecule has 0 amide bonds. The molecule has 0 unspecified atom stereocenters. The summed E-state index contributed by atoms with van der Waals surface area (Å²) in [6.07, 6.45) is 2.72. The van der Waals surface area contributed by atoms with Crippen molar-refractivity contribution in [2.45, 2.75) is 6.54 Å². The highest BCUT2D eigenvalue weighted by molar-refractivity contribution is 7.90. The van der Waals surface area contributed by atoms with Crippen LogP contribution in [0, 0.1) is 5.82 Å². The number of rotatable bonds is 6. The SMILES string of the molecule is COc1cccc(-c2c(-c3ccccc3)ncn2CCS(C)(=O)=O)c1F. The lowest BCUT2D eigenvalue weighted by Gasteiger charge is -2.13. The second-order valence-corrected chi connectivity index (χ2v) is 8.21. The molecule has 2 aromatic carbocycles. The molecule has 0 bridgehead atoms. The smallest absolute Gasteiger partial charge is 0.174 e. The van der Waals surface area contributed by atoms with E-state index in [0.29, 0.717) is 17.0 Å². The predicted octanol–water partition coefficient (Wildman–Crippen LogP) is 3.41. The number of ether oxygens (including phenoxy) is 1. The molecule has 0 aliphatic rings. The minimum atomic E-state index is -3.17. The largest absolute Gasteiger partial charge is 0.494 e. The summed E-state index contributed by atoms with van der Waals surface area (Å²) < 4.78 is 44.8. The van der Waals surface area contributed by atoms with Crippen molar-refractivity contribution in [1.29, 1.82) is 0 Å². The Morgan fingerprint density at radius 1 is 1.12 bits per heavy atom. The second-order valence-electron chi connectivity index (χ2n) is 5.95. The molecule has 0 saturated carbocycles. The number of nitrogens with zero attached hydrogens (tertiary/aromatic N) is 2. The van der Waals surface area contributed by atoms with Crippen molar-refractivity contribution >= 4 is 9.84 Å². The Labute approximate surface area is 152 Å². The molecule has 136 valence electrons. The van der Waals surface area contributed by atoms with Gasteiger partial charge in [-0.15, -0.1) is 0 Å². The van der Waals surface area contributed by atoms with Gasteiger partial charge in [-0.3, -0.25) is 0 Å². The van der Waals surface area contributed by atoms with Crippen LogP contribution in [0.2, 0.25) is 0 Å². The summed E-state index contributed by atoms with van der Waals surface area (Å²) in [6.45, 7) is 0.185. The van der Waals surface area contributed by atoms with E-state index in [9.17, 15) is 12.8 Å². The van der Waals surface area contributed by atoms with Crippen molar-refractivity contribution < 1.29 is 17.5 Å². The van der Waals surface area contributed by atoms with E-state index >= 15 is 0 Å². The van der Waals surface area contributed by atoms with Gasteiger partial charge in [-0.1, -0.05) is 36.4 Å². The molecule has 0 N–H and O–H groups in total. The molecule has 3 aromatic rings. The minimum Gasteiger partial charge on any atom is -0.494 e. The first-order valence-electron chi connectivity index (χ1n) is 8.02. The van der Waals surface area contributed by atoms with Gasteiger partial charge in [0.2, 0.25) is 0 Å². The number of sulfone groups is 1. The molecule has 0 aliphatic heterocycles. The summed E-state index contributed by atoms with van der Waals surface area (Å²) in [4.78, 5) is 4.42. The lowest BCUT2D eigenvalue weighted by atomic mass is 10.0. The van der Waals surface area contributed by atoms with E-state index in [1.165, 1.54) is 19.4 Å². The van der Waals surface area contributed by atoms with Crippen molar-refractivity contribution in [3.8, 4) is 28.3 Å². The standard InChI is InChI=1S/C19H19FN2O3S/c1-25-16-10-6-9-15(17(16)20)19-18(14-7-4-3-5-8-14)21-13-22(19)11-12-26(2,23)24/h3-10,13H,11-12H2,1-2H3. The summed E-state index contributed by atoms with van der Waals surface area (Å²) in [5, 5.41) is 0. The van der Waals surface area contributed by atoms with Crippen LogP contribution in [0.5, 0.6) is 5.75 Å². The number of methoxy groups -OCH3 is 1. The third kappa shape index (κ3) is 3.77. The highest BCUT2D eigenvalue weighted by Crippen LogP contribution is 2.35. The molecule has 0 aliphatic carbocycles. The molecule has 1 aromatic heterocycles. The maximum Gasteiger partial charge on any atom is 0.174 e. The van der Waals surface area contributed by atoms with E-state index in [0.717, 1.165) is 5.56 Å². The van der Waals surface area contributed by atoms with Crippen LogP contribution in [-0.2, 0) is 16.4 Å². The van der Waals surface area contributed by atoms with Gasteiger partial charge in [0.1, 0.15) is 9.84 Å². The topological polar surface area (TPSA) is 61.2 Å². The monoisotopic (exact) mass is 374 g/mol. The lowest BCUT2D eigenvalue weighted by molar-refractivity contribution is 0.387. The molecule has 26 heavy (non-hydrogen) atoms. The van der Waals surface area contributed by atoms with E-state index in [1.54, 1.807) is 23.0 Å². The van der Waals surface area contributed by atoms with Crippen LogP contribution in [0.4, 0.5) is 4.39 Å². The van der Waals surface area contributed by atoms with Crippen molar-refractivity contribution in [3.05, 3.63) is 60.7 Å². The van der Waals surface area contributed by atoms with Gasteiger partial charge in [0.15, 0.2) is 11.6 Å². The fourth-order valence-corrected chi connectivity index (χ4v) is 3.29. The molecule has 1 heterocycles. The number of aryl methyl sites for hydroxylation is 1. The zero-order valence-electron chi connectivity index (χ0n) is 14.5. The Morgan fingerprint density at radius 3 is 2.50 bits per heavy atom. The Morgan fingerprint density at radius 2 is 1.85 bits per heavy atom. The van der Waals surface area contributed by atoms with E-state index in [4.69, 9.17) is 4.74 Å². The molecule has 0 atom stereocenters. The number of benzene rings is 2. The highest BCUT2D eigenvalue weighted by atomic mass is 32.2. The van der Waals surface area contributed by atoms with Crippen LogP contribution in [0.25, 0.3) is 22.5 Å². The Hall–Kier alpha value is -2.67. The summed E-state index contributed by atoms with van der Waals surface area (Å²) in [5.41, 5.74) is 2.25. The van der Waals surface area contributed by atoms with Crippen molar-refractivity contribution in [1.82, 2.24) is 9.55 Å². The Bertz CT molecular complexity index is 1010. The van der Waals surface area contributed by atoms with Gasteiger partial charge in [0, 0.05) is 23.9 Å². The number of halogens is 1. The lowest BCUT2D eigenvalue weighted by Crippen LogP contribution is -2.11. The third-order valence-electron chi connectivity index (χ3n) is 4.03. The van der Waals surface area contributed by atoms with Crippen LogP contribution >= 0.6 is 0 Å². The Balaban J connectivity index is 2.18. The Kier molecular flexibility index (Phi) is 5.08. The van der Waals surface area contributed by atoms with E-state index in [-0.39, 0.29) is 18.0 Å². The third-order valence-corrected chi connectivity index (χ3v) is 4.95. The molecule has 0 saturated heterocycles. The summed E-state index contributed by atoms with van der Waals surface area (Å²) in [6, 6.07) is 14.3. The van der Waals surface area contributed by atoms with Gasteiger partial charge in [-0.05, 0) is 12.1 Å². The first-order chi connectivity index (χ1) is 12.4. The number of aromatic nitrogens is 2. The van der Waals surface area contributed by atoms with Gasteiger partial charge < -0.3 is 9.30 Å². The van der Waals surface area contributed by atoms with Crippen LogP contribution in [0.3, 0.4) is 0 Å². The fraction of sp³-hybridized carbons (Fsp3) is 0.211. The van der Waals surface area contributed by atoms with Crippen molar-refractivity contribution in [3.63, 3.8) is 0 Å². The molecular weight excluding hydrogens is 355 g/mol. The fourth-order valence-electron chi connectivity index (χ4n) is 2.76. The molecule has 0 radical (unpaired) electrons. The first-order valence-corrected chi connectivity index (χ1v) is 10.1. The van der Waals surface area contributed by atoms with Gasteiger partial charge >= 0.3 is 0 Å². The zero-order chi connectivity index (χ0) is 18.7. The maximum atomic E-state index is 14.9. The molecule has 5 nitrogen and oxygen atoms in total. The van der Waals surface area contributed by atoms with Gasteiger partial charge in [0.05, 0.1) is 30.6 Å². The van der Waals surface area contributed by atoms with E-state index in [1.807, 2.05) is 30.3 Å². The molecule has 3 rings (SSSR count). The zero-order valence-corrected chi connectivity index (χ0v) is 15.3. The quantitative estimate of drug-likeness (QED) is 0.663. The number of hydrogen-bond acceptors (Lipinski definition) is 4. The maximum absolute atomic E-state index is 14.9. The summed E-state index contributed by atoms with van der Waals surface area (Å²) in [7, 11) is -1.76. The van der Waals surface area contributed by atoms with Crippen LogP contribution < -0.4 is 4.74 Å². The minimum absolute atomic E-state index is 0.0593. The van der Waals surface area contributed by atoms with Gasteiger partial charge in [-0.25, -0.2) is 17.8 Å². The van der Waals surface area contributed by atoms with Crippen LogP contribution in [-0.4, -0.2) is 37.1 Å². The first kappa shape index (κ1) is 18.1. The summed E-state index contributed by atoms with van der Waals surface area (Å²) >= 11 is 0.